The van der Waals surface area contributed by atoms with Crippen molar-refractivity contribution >= 4 is 5.82 Å². The maximum absolute atomic E-state index is 6.00. The van der Waals surface area contributed by atoms with Gasteiger partial charge in [0.05, 0.1) is 5.69 Å². The van der Waals surface area contributed by atoms with E-state index >= 15 is 0 Å². The first-order valence-electron chi connectivity index (χ1n) is 5.07. The molecule has 1 heterocycles. The number of nitrogens with zero attached hydrogens (tertiary/aromatic N) is 2. The average molecular weight is 195 g/mol. The zero-order chi connectivity index (χ0) is 11.1. The molecule has 1 aromatic rings. The van der Waals surface area contributed by atoms with E-state index in [0.29, 0.717) is 5.92 Å². The van der Waals surface area contributed by atoms with Gasteiger partial charge in [0.15, 0.2) is 0 Å². The predicted octanol–water partition coefficient (Wildman–Crippen LogP) is 2.42. The lowest BCUT2D eigenvalue weighted by molar-refractivity contribution is 0.523. The van der Waals surface area contributed by atoms with Crippen molar-refractivity contribution < 1.29 is 0 Å². The van der Waals surface area contributed by atoms with Gasteiger partial charge in [0.25, 0.3) is 0 Å². The molecule has 0 unspecified atom stereocenters. The van der Waals surface area contributed by atoms with E-state index in [2.05, 4.69) is 39.6 Å². The molecule has 0 bridgehead atoms. The van der Waals surface area contributed by atoms with Crippen LogP contribution in [0, 0.1) is 0 Å². The van der Waals surface area contributed by atoms with Crippen molar-refractivity contribution in [2.45, 2.75) is 46.0 Å². The number of hydrogen-bond acceptors (Lipinski definition) is 2. The van der Waals surface area contributed by atoms with Gasteiger partial charge in [-0.2, -0.15) is 0 Å². The summed E-state index contributed by atoms with van der Waals surface area (Å²) in [5, 5.41) is 0. The van der Waals surface area contributed by atoms with Gasteiger partial charge < -0.3 is 10.3 Å². The third kappa shape index (κ3) is 1.76. The molecule has 1 rings (SSSR count). The molecule has 0 aliphatic heterocycles. The van der Waals surface area contributed by atoms with Crippen molar-refractivity contribution in [3.63, 3.8) is 0 Å². The Morgan fingerprint density at radius 2 is 1.79 bits per heavy atom. The lowest BCUT2D eigenvalue weighted by Crippen LogP contribution is -2.17. The van der Waals surface area contributed by atoms with Crippen molar-refractivity contribution in [3.8, 4) is 0 Å². The first-order valence-corrected chi connectivity index (χ1v) is 5.07. The van der Waals surface area contributed by atoms with Crippen LogP contribution in [0.25, 0.3) is 0 Å². The molecule has 0 saturated heterocycles. The fourth-order valence-corrected chi connectivity index (χ4v) is 1.63. The Kier molecular flexibility index (Phi) is 2.61. The van der Waals surface area contributed by atoms with Crippen LogP contribution >= 0.6 is 0 Å². The van der Waals surface area contributed by atoms with Gasteiger partial charge in [-0.15, -0.1) is 0 Å². The molecule has 3 nitrogen and oxygen atoms in total. The molecule has 0 atom stereocenters. The average Bonchev–Trinajstić information content (AvgIpc) is 2.28. The lowest BCUT2D eigenvalue weighted by atomic mass is 9.96. The van der Waals surface area contributed by atoms with E-state index in [4.69, 9.17) is 5.73 Å². The van der Waals surface area contributed by atoms with E-state index in [9.17, 15) is 0 Å². The summed E-state index contributed by atoms with van der Waals surface area (Å²) >= 11 is 0. The fraction of sp³-hybridized carbons (Fsp3) is 0.727. The van der Waals surface area contributed by atoms with Crippen LogP contribution in [0.4, 0.5) is 5.82 Å². The Bertz CT molecular complexity index is 329. The van der Waals surface area contributed by atoms with Gasteiger partial charge in [-0.1, -0.05) is 34.6 Å². The summed E-state index contributed by atoms with van der Waals surface area (Å²) < 4.78 is 2.00. The van der Waals surface area contributed by atoms with Crippen molar-refractivity contribution in [1.29, 1.82) is 0 Å². The van der Waals surface area contributed by atoms with Gasteiger partial charge in [0.1, 0.15) is 11.6 Å². The third-order valence-corrected chi connectivity index (χ3v) is 2.39. The number of imidazole rings is 1. The summed E-state index contributed by atoms with van der Waals surface area (Å²) in [6.45, 7) is 10.7. The smallest absolute Gasteiger partial charge is 0.126 e. The third-order valence-electron chi connectivity index (χ3n) is 2.39. The van der Waals surface area contributed by atoms with Crippen LogP contribution in [0.3, 0.4) is 0 Å². The summed E-state index contributed by atoms with van der Waals surface area (Å²) in [4.78, 5) is 4.62. The SMILES string of the molecule is CC(C)c1nc(C(C)(C)C)n(C)c1N. The van der Waals surface area contributed by atoms with E-state index < -0.39 is 0 Å². The zero-order valence-corrected chi connectivity index (χ0v) is 10.0. The molecule has 3 heteroatoms. The largest absolute Gasteiger partial charge is 0.384 e. The van der Waals surface area contributed by atoms with Gasteiger partial charge >= 0.3 is 0 Å². The van der Waals surface area contributed by atoms with Gasteiger partial charge in [-0.3, -0.25) is 0 Å². The summed E-state index contributed by atoms with van der Waals surface area (Å²) in [6.07, 6.45) is 0. The quantitative estimate of drug-likeness (QED) is 0.748. The molecule has 0 aromatic carbocycles. The zero-order valence-electron chi connectivity index (χ0n) is 10.0. The second kappa shape index (κ2) is 3.30. The highest BCUT2D eigenvalue weighted by molar-refractivity contribution is 5.41. The van der Waals surface area contributed by atoms with Crippen LogP contribution in [0.2, 0.25) is 0 Å². The molecular formula is C11H21N3. The highest BCUT2D eigenvalue weighted by atomic mass is 15.1. The molecule has 0 aliphatic rings. The molecule has 0 radical (unpaired) electrons. The number of anilines is 1. The van der Waals surface area contributed by atoms with Gasteiger partial charge in [0.2, 0.25) is 0 Å². The first-order chi connectivity index (χ1) is 6.25. The number of nitrogens with two attached hydrogens (primary N) is 1. The second-order valence-corrected chi connectivity index (χ2v) is 5.17. The van der Waals surface area contributed by atoms with E-state index in [1.165, 1.54) is 0 Å². The number of hydrogen-bond donors (Lipinski definition) is 1. The minimum atomic E-state index is 0.0516. The second-order valence-electron chi connectivity index (χ2n) is 5.17. The molecule has 0 spiro atoms. The van der Waals surface area contributed by atoms with Crippen molar-refractivity contribution in [3.05, 3.63) is 11.5 Å². The summed E-state index contributed by atoms with van der Waals surface area (Å²) in [5.74, 6) is 2.24. The number of nitrogen functional groups attached to an aromatic ring is 1. The summed E-state index contributed by atoms with van der Waals surface area (Å²) in [7, 11) is 1.98. The van der Waals surface area contributed by atoms with Gasteiger partial charge in [-0.05, 0) is 5.92 Å². The highest BCUT2D eigenvalue weighted by Gasteiger charge is 2.23. The maximum Gasteiger partial charge on any atom is 0.126 e. The summed E-state index contributed by atoms with van der Waals surface area (Å²) in [6, 6.07) is 0. The van der Waals surface area contributed by atoms with Gasteiger partial charge in [0, 0.05) is 12.5 Å². The Hall–Kier alpha value is -0.990. The van der Waals surface area contributed by atoms with E-state index in [0.717, 1.165) is 17.3 Å². The van der Waals surface area contributed by atoms with Crippen LogP contribution in [-0.4, -0.2) is 9.55 Å². The van der Waals surface area contributed by atoms with Crippen molar-refractivity contribution in [2.75, 3.05) is 5.73 Å². The summed E-state index contributed by atoms with van der Waals surface area (Å²) in [5.41, 5.74) is 7.06. The topological polar surface area (TPSA) is 43.8 Å². The van der Waals surface area contributed by atoms with Crippen LogP contribution in [-0.2, 0) is 12.5 Å². The Morgan fingerprint density at radius 3 is 2.00 bits per heavy atom. The molecule has 80 valence electrons. The van der Waals surface area contributed by atoms with Crippen LogP contribution in [0.1, 0.15) is 52.1 Å². The molecule has 0 saturated carbocycles. The van der Waals surface area contributed by atoms with Gasteiger partial charge in [-0.25, -0.2) is 4.98 Å². The molecule has 14 heavy (non-hydrogen) atoms. The first kappa shape index (κ1) is 11.1. The Labute approximate surface area is 86.3 Å². The van der Waals surface area contributed by atoms with Crippen LogP contribution < -0.4 is 5.73 Å². The maximum atomic E-state index is 6.00. The minimum absolute atomic E-state index is 0.0516. The van der Waals surface area contributed by atoms with E-state index in [1.54, 1.807) is 0 Å². The highest BCUT2D eigenvalue weighted by Crippen LogP contribution is 2.28. The fourth-order valence-electron chi connectivity index (χ4n) is 1.63. The van der Waals surface area contributed by atoms with Crippen molar-refractivity contribution in [1.82, 2.24) is 9.55 Å². The molecule has 0 fully saturated rings. The predicted molar refractivity (Wildman–Crippen MR) is 60.4 cm³/mol. The molecule has 1 aromatic heterocycles. The van der Waals surface area contributed by atoms with Crippen LogP contribution in [0.15, 0.2) is 0 Å². The van der Waals surface area contributed by atoms with Crippen molar-refractivity contribution in [2.24, 2.45) is 7.05 Å². The Balaban J connectivity index is 3.29. The van der Waals surface area contributed by atoms with E-state index in [-0.39, 0.29) is 5.41 Å². The molecule has 0 amide bonds. The normalized spacial score (nSPS) is 12.5. The molecule has 2 N–H and O–H groups in total. The minimum Gasteiger partial charge on any atom is -0.384 e. The van der Waals surface area contributed by atoms with E-state index in [1.807, 2.05) is 11.6 Å². The molecule has 0 aliphatic carbocycles. The monoisotopic (exact) mass is 195 g/mol. The lowest BCUT2D eigenvalue weighted by Gasteiger charge is -2.17. The number of rotatable bonds is 1. The Morgan fingerprint density at radius 1 is 1.29 bits per heavy atom. The standard InChI is InChI=1S/C11H21N3/c1-7(2)8-9(12)14(6)10(13-8)11(3,4)5/h7H,12H2,1-6H3. The molecular weight excluding hydrogens is 174 g/mol. The van der Waals surface area contributed by atoms with Crippen LogP contribution in [0.5, 0.6) is 0 Å². The number of aromatic nitrogens is 2.